The summed E-state index contributed by atoms with van der Waals surface area (Å²) in [6.45, 7) is -0.801. The Morgan fingerprint density at radius 3 is 2.36 bits per heavy atom. The van der Waals surface area contributed by atoms with Crippen LogP contribution in [-0.4, -0.2) is 23.4 Å². The van der Waals surface area contributed by atoms with Crippen molar-refractivity contribution in [2.45, 2.75) is 5.54 Å². The minimum Gasteiger partial charge on any atom is -0.394 e. The molecule has 0 saturated carbocycles. The number of hydrogen-bond acceptors (Lipinski definition) is 4. The summed E-state index contributed by atoms with van der Waals surface area (Å²) in [5, 5.41) is 26.9. The van der Waals surface area contributed by atoms with Crippen molar-refractivity contribution in [1.82, 2.24) is 0 Å². The molecule has 1 rings (SSSR count). The Hall–Kier alpha value is -1.41. The lowest BCUT2D eigenvalue weighted by Gasteiger charge is -2.25. The molecule has 0 aliphatic heterocycles. The molecule has 0 saturated heterocycles. The molecule has 74 valence electrons. The first-order valence-electron chi connectivity index (χ1n) is 4.18. The van der Waals surface area contributed by atoms with Gasteiger partial charge >= 0.3 is 0 Å². The second kappa shape index (κ2) is 4.20. The number of aliphatic hydroxyl groups excluding tert-OH is 2. The van der Waals surface area contributed by atoms with Crippen molar-refractivity contribution in [1.29, 1.82) is 5.26 Å². The highest BCUT2D eigenvalue weighted by atomic mass is 16.3. The van der Waals surface area contributed by atoms with Gasteiger partial charge in [-0.1, -0.05) is 18.2 Å². The number of nitrogens with zero attached hydrogens (tertiary/aromatic N) is 1. The standard InChI is InChI=1S/C10H12N2O2/c11-5-8-3-1-2-4-9(8)10(12,6-13)7-14/h1-4,13-14H,6-7,12H2. The molecule has 0 spiro atoms. The van der Waals surface area contributed by atoms with E-state index in [0.717, 1.165) is 0 Å². The number of benzene rings is 1. The van der Waals surface area contributed by atoms with Crippen LogP contribution in [0.5, 0.6) is 0 Å². The molecule has 4 heteroatoms. The molecule has 14 heavy (non-hydrogen) atoms. The van der Waals surface area contributed by atoms with E-state index in [1.54, 1.807) is 24.3 Å². The summed E-state index contributed by atoms with van der Waals surface area (Å²) in [4.78, 5) is 0. The van der Waals surface area contributed by atoms with Crippen LogP contribution >= 0.6 is 0 Å². The fraction of sp³-hybridized carbons (Fsp3) is 0.300. The van der Waals surface area contributed by atoms with E-state index in [2.05, 4.69) is 0 Å². The van der Waals surface area contributed by atoms with Crippen molar-refractivity contribution in [3.05, 3.63) is 35.4 Å². The largest absolute Gasteiger partial charge is 0.394 e. The van der Waals surface area contributed by atoms with E-state index in [0.29, 0.717) is 11.1 Å². The molecule has 0 bridgehead atoms. The number of aliphatic hydroxyl groups is 2. The third-order valence-electron chi connectivity index (χ3n) is 2.15. The average Bonchev–Trinajstić information content (AvgIpc) is 2.28. The fourth-order valence-corrected chi connectivity index (χ4v) is 1.24. The van der Waals surface area contributed by atoms with Crippen LogP contribution in [-0.2, 0) is 5.54 Å². The predicted molar refractivity (Wildman–Crippen MR) is 51.2 cm³/mol. The maximum atomic E-state index is 9.06. The number of hydrogen-bond donors (Lipinski definition) is 3. The monoisotopic (exact) mass is 192 g/mol. The molecule has 4 N–H and O–H groups in total. The minimum absolute atomic E-state index is 0.373. The molecule has 0 aliphatic rings. The normalized spacial score (nSPS) is 11.0. The Kier molecular flexibility index (Phi) is 3.20. The van der Waals surface area contributed by atoms with Crippen molar-refractivity contribution in [2.75, 3.05) is 13.2 Å². The lowest BCUT2D eigenvalue weighted by Crippen LogP contribution is -2.44. The van der Waals surface area contributed by atoms with E-state index in [1.165, 1.54) is 0 Å². The Morgan fingerprint density at radius 1 is 1.29 bits per heavy atom. The van der Waals surface area contributed by atoms with Gasteiger partial charge in [-0.05, 0) is 11.6 Å². The summed E-state index contributed by atoms with van der Waals surface area (Å²) in [5.41, 5.74) is 5.34. The molecule has 1 aromatic carbocycles. The van der Waals surface area contributed by atoms with Crippen LogP contribution in [0.4, 0.5) is 0 Å². The molecule has 0 aromatic heterocycles. The summed E-state index contributed by atoms with van der Waals surface area (Å²) < 4.78 is 0. The third kappa shape index (κ3) is 1.75. The van der Waals surface area contributed by atoms with Gasteiger partial charge in [-0.15, -0.1) is 0 Å². The topological polar surface area (TPSA) is 90.3 Å². The van der Waals surface area contributed by atoms with Crippen LogP contribution in [0.3, 0.4) is 0 Å². The molecule has 0 unspecified atom stereocenters. The molecule has 0 heterocycles. The molecule has 0 aliphatic carbocycles. The SMILES string of the molecule is N#Cc1ccccc1C(N)(CO)CO. The Morgan fingerprint density at radius 2 is 1.86 bits per heavy atom. The lowest BCUT2D eigenvalue weighted by atomic mass is 9.89. The molecular weight excluding hydrogens is 180 g/mol. The van der Waals surface area contributed by atoms with Crippen LogP contribution in [0.25, 0.3) is 0 Å². The predicted octanol–water partition coefficient (Wildman–Crippen LogP) is -0.303. The van der Waals surface area contributed by atoms with Gasteiger partial charge in [0.25, 0.3) is 0 Å². The molecule has 0 atom stereocenters. The molecule has 0 fully saturated rings. The van der Waals surface area contributed by atoms with Gasteiger partial charge in [-0.25, -0.2) is 0 Å². The van der Waals surface area contributed by atoms with Gasteiger partial charge in [0.2, 0.25) is 0 Å². The smallest absolute Gasteiger partial charge is 0.0995 e. The first-order chi connectivity index (χ1) is 6.68. The Bertz CT molecular complexity index is 353. The zero-order valence-corrected chi connectivity index (χ0v) is 7.64. The van der Waals surface area contributed by atoms with Crippen molar-refractivity contribution in [3.63, 3.8) is 0 Å². The first kappa shape index (κ1) is 10.7. The average molecular weight is 192 g/mol. The maximum Gasteiger partial charge on any atom is 0.0995 e. The first-order valence-corrected chi connectivity index (χ1v) is 4.18. The minimum atomic E-state index is -1.24. The Balaban J connectivity index is 3.24. The highest BCUT2D eigenvalue weighted by Gasteiger charge is 2.27. The molecular formula is C10H12N2O2. The second-order valence-corrected chi connectivity index (χ2v) is 3.13. The molecule has 0 amide bonds. The summed E-state index contributed by atoms with van der Waals surface area (Å²) in [6.07, 6.45) is 0. The van der Waals surface area contributed by atoms with Crippen molar-refractivity contribution in [2.24, 2.45) is 5.73 Å². The van der Waals surface area contributed by atoms with Gasteiger partial charge in [0, 0.05) is 0 Å². The van der Waals surface area contributed by atoms with E-state index in [-0.39, 0.29) is 0 Å². The summed E-state index contributed by atoms with van der Waals surface area (Å²) in [5.74, 6) is 0. The van der Waals surface area contributed by atoms with Crippen molar-refractivity contribution in [3.8, 4) is 6.07 Å². The van der Waals surface area contributed by atoms with Crippen LogP contribution in [0.15, 0.2) is 24.3 Å². The Labute approximate surface area is 82.2 Å². The number of nitriles is 1. The molecule has 4 nitrogen and oxygen atoms in total. The van der Waals surface area contributed by atoms with Gasteiger partial charge < -0.3 is 15.9 Å². The van der Waals surface area contributed by atoms with Gasteiger partial charge in [-0.3, -0.25) is 0 Å². The number of nitrogens with two attached hydrogens (primary N) is 1. The van der Waals surface area contributed by atoms with Gasteiger partial charge in [0.15, 0.2) is 0 Å². The van der Waals surface area contributed by atoms with Crippen LogP contribution in [0, 0.1) is 11.3 Å². The van der Waals surface area contributed by atoms with E-state index >= 15 is 0 Å². The summed E-state index contributed by atoms with van der Waals surface area (Å²) >= 11 is 0. The fourth-order valence-electron chi connectivity index (χ4n) is 1.24. The summed E-state index contributed by atoms with van der Waals surface area (Å²) in [7, 11) is 0. The van der Waals surface area contributed by atoms with Gasteiger partial charge in [0.1, 0.15) is 0 Å². The van der Waals surface area contributed by atoms with Crippen LogP contribution < -0.4 is 5.73 Å². The third-order valence-corrected chi connectivity index (χ3v) is 2.15. The van der Waals surface area contributed by atoms with Gasteiger partial charge in [0.05, 0.1) is 30.4 Å². The van der Waals surface area contributed by atoms with E-state index in [1.807, 2.05) is 6.07 Å². The highest BCUT2D eigenvalue weighted by molar-refractivity contribution is 5.42. The van der Waals surface area contributed by atoms with Gasteiger partial charge in [-0.2, -0.15) is 5.26 Å². The van der Waals surface area contributed by atoms with Crippen molar-refractivity contribution < 1.29 is 10.2 Å². The quantitative estimate of drug-likeness (QED) is 0.613. The number of rotatable bonds is 3. The highest BCUT2D eigenvalue weighted by Crippen LogP contribution is 2.20. The second-order valence-electron chi connectivity index (χ2n) is 3.13. The molecule has 1 aromatic rings. The van der Waals surface area contributed by atoms with Crippen molar-refractivity contribution >= 4 is 0 Å². The van der Waals surface area contributed by atoms with E-state index < -0.39 is 18.8 Å². The lowest BCUT2D eigenvalue weighted by molar-refractivity contribution is 0.121. The summed E-state index contributed by atoms with van der Waals surface area (Å²) in [6, 6.07) is 8.61. The van der Waals surface area contributed by atoms with Crippen LogP contribution in [0.2, 0.25) is 0 Å². The van der Waals surface area contributed by atoms with Crippen LogP contribution in [0.1, 0.15) is 11.1 Å². The zero-order valence-electron chi connectivity index (χ0n) is 7.64. The van der Waals surface area contributed by atoms with E-state index in [4.69, 9.17) is 21.2 Å². The maximum absolute atomic E-state index is 9.06. The zero-order chi connectivity index (χ0) is 10.6. The van der Waals surface area contributed by atoms with E-state index in [9.17, 15) is 0 Å². The molecule has 0 radical (unpaired) electrons.